The summed E-state index contributed by atoms with van der Waals surface area (Å²) in [4.78, 5) is 11.9. The standard InChI is InChI=1S/C16H23ClN4/c1-3-20-10-4-5-13(11-20)21-14(6-8-17)19-15-12(2)7-9-18-16(15)21/h7,9,13H,3-6,8,10-11H2,1-2H3. The van der Waals surface area contributed by atoms with E-state index in [-0.39, 0.29) is 0 Å². The molecular formula is C16H23ClN4. The maximum atomic E-state index is 5.99. The molecule has 0 radical (unpaired) electrons. The smallest absolute Gasteiger partial charge is 0.160 e. The molecule has 2 aromatic rings. The summed E-state index contributed by atoms with van der Waals surface area (Å²) >= 11 is 5.99. The third-order valence-electron chi connectivity index (χ3n) is 4.46. The highest BCUT2D eigenvalue weighted by molar-refractivity contribution is 6.17. The Morgan fingerprint density at radius 2 is 2.29 bits per heavy atom. The molecular weight excluding hydrogens is 284 g/mol. The highest BCUT2D eigenvalue weighted by atomic mass is 35.5. The van der Waals surface area contributed by atoms with E-state index in [1.54, 1.807) is 0 Å². The molecule has 2 aromatic heterocycles. The number of aryl methyl sites for hydroxylation is 2. The van der Waals surface area contributed by atoms with Gasteiger partial charge in [-0.3, -0.25) is 0 Å². The summed E-state index contributed by atoms with van der Waals surface area (Å²) in [7, 11) is 0. The fourth-order valence-corrected chi connectivity index (χ4v) is 3.50. The first-order chi connectivity index (χ1) is 10.2. The third-order valence-corrected chi connectivity index (χ3v) is 4.65. The van der Waals surface area contributed by atoms with Gasteiger partial charge in [0.15, 0.2) is 5.65 Å². The van der Waals surface area contributed by atoms with Crippen molar-refractivity contribution in [3.8, 4) is 0 Å². The van der Waals surface area contributed by atoms with Crippen molar-refractivity contribution in [2.24, 2.45) is 0 Å². The maximum absolute atomic E-state index is 5.99. The van der Waals surface area contributed by atoms with Gasteiger partial charge in [-0.1, -0.05) is 6.92 Å². The van der Waals surface area contributed by atoms with Gasteiger partial charge in [-0.15, -0.1) is 11.6 Å². The van der Waals surface area contributed by atoms with Crippen LogP contribution in [0.5, 0.6) is 0 Å². The lowest BCUT2D eigenvalue weighted by Crippen LogP contribution is -2.36. The molecule has 114 valence electrons. The number of likely N-dealkylation sites (N-methyl/N-ethyl adjacent to an activating group) is 1. The number of hydrogen-bond acceptors (Lipinski definition) is 3. The minimum absolute atomic E-state index is 0.469. The average molecular weight is 307 g/mol. The molecule has 1 aliphatic rings. The fourth-order valence-electron chi connectivity index (χ4n) is 3.33. The molecule has 0 spiro atoms. The Bertz CT molecular complexity index is 622. The number of alkyl halides is 1. The Labute approximate surface area is 131 Å². The number of piperidine rings is 1. The third kappa shape index (κ3) is 2.79. The van der Waals surface area contributed by atoms with E-state index in [1.807, 2.05) is 12.3 Å². The quantitative estimate of drug-likeness (QED) is 0.814. The van der Waals surface area contributed by atoms with E-state index in [0.29, 0.717) is 11.9 Å². The number of hydrogen-bond donors (Lipinski definition) is 0. The molecule has 3 heterocycles. The van der Waals surface area contributed by atoms with Gasteiger partial charge in [0.25, 0.3) is 0 Å². The highest BCUT2D eigenvalue weighted by Gasteiger charge is 2.25. The molecule has 1 fully saturated rings. The van der Waals surface area contributed by atoms with E-state index in [2.05, 4.69) is 28.3 Å². The van der Waals surface area contributed by atoms with E-state index in [1.165, 1.54) is 24.9 Å². The average Bonchev–Trinajstić information content (AvgIpc) is 2.87. The number of fused-ring (bicyclic) bond motifs is 1. The molecule has 0 aromatic carbocycles. The lowest BCUT2D eigenvalue weighted by atomic mass is 10.1. The van der Waals surface area contributed by atoms with Gasteiger partial charge in [0.1, 0.15) is 11.3 Å². The number of halogens is 1. The molecule has 1 saturated heterocycles. The topological polar surface area (TPSA) is 34.0 Å². The molecule has 0 N–H and O–H groups in total. The van der Waals surface area contributed by atoms with Gasteiger partial charge in [0, 0.05) is 31.1 Å². The van der Waals surface area contributed by atoms with Crippen LogP contribution in [-0.2, 0) is 6.42 Å². The minimum Gasteiger partial charge on any atom is -0.308 e. The summed E-state index contributed by atoms with van der Waals surface area (Å²) < 4.78 is 2.35. The monoisotopic (exact) mass is 306 g/mol. The van der Waals surface area contributed by atoms with Crippen molar-refractivity contribution in [3.63, 3.8) is 0 Å². The van der Waals surface area contributed by atoms with E-state index >= 15 is 0 Å². The van der Waals surface area contributed by atoms with E-state index in [0.717, 1.165) is 36.5 Å². The van der Waals surface area contributed by atoms with Crippen molar-refractivity contribution in [3.05, 3.63) is 23.7 Å². The summed E-state index contributed by atoms with van der Waals surface area (Å²) in [6, 6.07) is 2.50. The number of rotatable bonds is 4. The van der Waals surface area contributed by atoms with Crippen LogP contribution in [0.15, 0.2) is 12.3 Å². The maximum Gasteiger partial charge on any atom is 0.160 e. The summed E-state index contributed by atoms with van der Waals surface area (Å²) in [6.07, 6.45) is 5.14. The summed E-state index contributed by atoms with van der Waals surface area (Å²) in [5, 5.41) is 0. The molecule has 5 heteroatoms. The molecule has 1 aliphatic heterocycles. The lowest BCUT2D eigenvalue weighted by molar-refractivity contribution is 0.185. The fraction of sp³-hybridized carbons (Fsp3) is 0.625. The second kappa shape index (κ2) is 6.32. The first-order valence-corrected chi connectivity index (χ1v) is 8.38. The van der Waals surface area contributed by atoms with Crippen molar-refractivity contribution in [1.29, 1.82) is 0 Å². The Balaban J connectivity index is 2.06. The Morgan fingerprint density at radius 3 is 3.05 bits per heavy atom. The van der Waals surface area contributed by atoms with Crippen molar-refractivity contribution in [2.45, 2.75) is 39.2 Å². The zero-order valence-corrected chi connectivity index (χ0v) is 13.6. The van der Waals surface area contributed by atoms with E-state index < -0.39 is 0 Å². The van der Waals surface area contributed by atoms with Crippen LogP contribution in [0.2, 0.25) is 0 Å². The number of aromatic nitrogens is 3. The number of imidazole rings is 1. The number of nitrogens with zero attached hydrogens (tertiary/aromatic N) is 4. The minimum atomic E-state index is 0.469. The van der Waals surface area contributed by atoms with Crippen molar-refractivity contribution >= 4 is 22.8 Å². The molecule has 0 amide bonds. The molecule has 1 atom stereocenters. The SMILES string of the molecule is CCN1CCCC(n2c(CCCl)nc3c(C)ccnc32)C1. The molecule has 0 saturated carbocycles. The summed E-state index contributed by atoms with van der Waals surface area (Å²) in [5.74, 6) is 1.69. The van der Waals surface area contributed by atoms with Crippen LogP contribution in [-0.4, -0.2) is 44.9 Å². The van der Waals surface area contributed by atoms with Gasteiger partial charge in [-0.25, -0.2) is 9.97 Å². The van der Waals surface area contributed by atoms with Crippen LogP contribution in [0, 0.1) is 6.92 Å². The van der Waals surface area contributed by atoms with Crippen molar-refractivity contribution in [1.82, 2.24) is 19.4 Å². The van der Waals surface area contributed by atoms with Gasteiger partial charge in [-0.05, 0) is 44.5 Å². The predicted octanol–water partition coefficient (Wildman–Crippen LogP) is 3.18. The normalized spacial score (nSPS) is 20.2. The van der Waals surface area contributed by atoms with Crippen LogP contribution in [0.1, 0.15) is 37.2 Å². The number of likely N-dealkylation sites (tertiary alicyclic amines) is 1. The highest BCUT2D eigenvalue weighted by Crippen LogP contribution is 2.28. The van der Waals surface area contributed by atoms with Crippen LogP contribution in [0.4, 0.5) is 0 Å². The second-order valence-electron chi connectivity index (χ2n) is 5.83. The van der Waals surface area contributed by atoms with Gasteiger partial charge >= 0.3 is 0 Å². The Hall–Kier alpha value is -1.13. The van der Waals surface area contributed by atoms with E-state index in [9.17, 15) is 0 Å². The first kappa shape index (κ1) is 14.8. The summed E-state index contributed by atoms with van der Waals surface area (Å²) in [5.41, 5.74) is 3.25. The molecule has 21 heavy (non-hydrogen) atoms. The van der Waals surface area contributed by atoms with Crippen molar-refractivity contribution < 1.29 is 0 Å². The van der Waals surface area contributed by atoms with Crippen LogP contribution < -0.4 is 0 Å². The zero-order valence-electron chi connectivity index (χ0n) is 12.8. The lowest BCUT2D eigenvalue weighted by Gasteiger charge is -2.33. The first-order valence-electron chi connectivity index (χ1n) is 7.85. The number of pyridine rings is 1. The Kier molecular flexibility index (Phi) is 4.45. The molecule has 4 nitrogen and oxygen atoms in total. The van der Waals surface area contributed by atoms with Gasteiger partial charge < -0.3 is 9.47 Å². The van der Waals surface area contributed by atoms with Gasteiger partial charge in [0.2, 0.25) is 0 Å². The zero-order chi connectivity index (χ0) is 14.8. The van der Waals surface area contributed by atoms with Crippen LogP contribution in [0.25, 0.3) is 11.2 Å². The van der Waals surface area contributed by atoms with E-state index in [4.69, 9.17) is 16.6 Å². The van der Waals surface area contributed by atoms with Crippen LogP contribution in [0.3, 0.4) is 0 Å². The van der Waals surface area contributed by atoms with Crippen molar-refractivity contribution in [2.75, 3.05) is 25.5 Å². The molecule has 0 bridgehead atoms. The van der Waals surface area contributed by atoms with Gasteiger partial charge in [-0.2, -0.15) is 0 Å². The second-order valence-corrected chi connectivity index (χ2v) is 6.20. The largest absolute Gasteiger partial charge is 0.308 e. The van der Waals surface area contributed by atoms with Crippen LogP contribution >= 0.6 is 11.6 Å². The molecule has 1 unspecified atom stereocenters. The summed E-state index contributed by atoms with van der Waals surface area (Å²) in [6.45, 7) is 7.74. The predicted molar refractivity (Wildman–Crippen MR) is 87.1 cm³/mol. The molecule has 0 aliphatic carbocycles. The van der Waals surface area contributed by atoms with Gasteiger partial charge in [0.05, 0.1) is 0 Å². The molecule has 3 rings (SSSR count). The Morgan fingerprint density at radius 1 is 1.43 bits per heavy atom.